The lowest BCUT2D eigenvalue weighted by atomic mass is 9.72. The van der Waals surface area contributed by atoms with Crippen molar-refractivity contribution in [1.29, 1.82) is 0 Å². The van der Waals surface area contributed by atoms with Gasteiger partial charge in [-0.05, 0) is 42.9 Å². The quantitative estimate of drug-likeness (QED) is 0.560. The summed E-state index contributed by atoms with van der Waals surface area (Å²) in [5.74, 6) is -3.36. The highest BCUT2D eigenvalue weighted by Crippen LogP contribution is 2.43. The summed E-state index contributed by atoms with van der Waals surface area (Å²) in [5.41, 5.74) is -1.73. The molecular weight excluding hydrogens is 445 g/mol. The number of halogens is 1. The molecule has 1 aromatic carbocycles. The van der Waals surface area contributed by atoms with E-state index in [9.17, 15) is 28.7 Å². The number of amides is 3. The van der Waals surface area contributed by atoms with Crippen LogP contribution in [0.15, 0.2) is 29.1 Å². The molecule has 1 saturated carbocycles. The lowest BCUT2D eigenvalue weighted by Crippen LogP contribution is -2.58. The SMILES string of the molecule is CN(C)C(=O)C(=O)NC12CCCC(Cn3c1nc(C(=O)NCc1ccc(F)cc1)c(O)c3=O)C2. The number of likely N-dealkylation sites (N-methyl/N-ethyl adjacent to an activating group) is 1. The van der Waals surface area contributed by atoms with Crippen molar-refractivity contribution in [2.24, 2.45) is 5.92 Å². The molecule has 1 aliphatic carbocycles. The van der Waals surface area contributed by atoms with Crippen LogP contribution in [0.2, 0.25) is 0 Å². The number of nitrogens with zero attached hydrogens (tertiary/aromatic N) is 3. The monoisotopic (exact) mass is 471 g/mol. The molecule has 180 valence electrons. The predicted octanol–water partition coefficient (Wildman–Crippen LogP) is 0.621. The maximum absolute atomic E-state index is 13.1. The van der Waals surface area contributed by atoms with Gasteiger partial charge in [-0.1, -0.05) is 18.6 Å². The molecule has 0 spiro atoms. The van der Waals surface area contributed by atoms with Crippen LogP contribution in [-0.4, -0.2) is 51.4 Å². The second-order valence-corrected chi connectivity index (χ2v) is 9.06. The molecule has 0 saturated heterocycles. The summed E-state index contributed by atoms with van der Waals surface area (Å²) in [4.78, 5) is 56.2. The summed E-state index contributed by atoms with van der Waals surface area (Å²) in [7, 11) is 2.92. The Morgan fingerprint density at radius 3 is 2.65 bits per heavy atom. The number of benzene rings is 1. The Hall–Kier alpha value is -3.76. The Morgan fingerprint density at radius 1 is 1.26 bits per heavy atom. The first-order valence-corrected chi connectivity index (χ1v) is 11.0. The van der Waals surface area contributed by atoms with E-state index in [0.29, 0.717) is 24.9 Å². The van der Waals surface area contributed by atoms with Crippen LogP contribution in [-0.2, 0) is 28.2 Å². The summed E-state index contributed by atoms with van der Waals surface area (Å²) < 4.78 is 14.4. The van der Waals surface area contributed by atoms with Gasteiger partial charge in [0.05, 0.1) is 5.54 Å². The molecule has 2 aliphatic rings. The van der Waals surface area contributed by atoms with Gasteiger partial charge in [0, 0.05) is 27.2 Å². The number of rotatable bonds is 4. The smallest absolute Gasteiger partial charge is 0.311 e. The van der Waals surface area contributed by atoms with Crippen LogP contribution in [0.1, 0.15) is 47.6 Å². The maximum Gasteiger partial charge on any atom is 0.311 e. The van der Waals surface area contributed by atoms with Crippen molar-refractivity contribution in [3.05, 3.63) is 57.5 Å². The van der Waals surface area contributed by atoms with Crippen LogP contribution in [0, 0.1) is 11.7 Å². The van der Waals surface area contributed by atoms with Gasteiger partial charge in [0.2, 0.25) is 5.75 Å². The zero-order valence-electron chi connectivity index (χ0n) is 18.9. The van der Waals surface area contributed by atoms with E-state index in [4.69, 9.17) is 0 Å². The number of hydrogen-bond donors (Lipinski definition) is 3. The van der Waals surface area contributed by atoms with Crippen LogP contribution in [0.5, 0.6) is 5.75 Å². The number of hydrogen-bond acceptors (Lipinski definition) is 6. The lowest BCUT2D eigenvalue weighted by molar-refractivity contribution is -0.146. The predicted molar refractivity (Wildman–Crippen MR) is 118 cm³/mol. The van der Waals surface area contributed by atoms with Crippen molar-refractivity contribution >= 4 is 17.7 Å². The van der Waals surface area contributed by atoms with Gasteiger partial charge in [-0.3, -0.25) is 23.7 Å². The first-order valence-electron chi connectivity index (χ1n) is 11.0. The van der Waals surface area contributed by atoms with Crippen molar-refractivity contribution in [3.63, 3.8) is 0 Å². The van der Waals surface area contributed by atoms with Crippen molar-refractivity contribution in [3.8, 4) is 5.75 Å². The van der Waals surface area contributed by atoms with E-state index in [1.807, 2.05) is 0 Å². The molecule has 1 aliphatic heterocycles. The molecule has 2 aromatic rings. The number of aromatic hydroxyl groups is 1. The summed E-state index contributed by atoms with van der Waals surface area (Å²) in [5, 5.41) is 15.8. The maximum atomic E-state index is 13.1. The molecule has 11 heteroatoms. The zero-order valence-corrected chi connectivity index (χ0v) is 18.9. The van der Waals surface area contributed by atoms with E-state index in [2.05, 4.69) is 15.6 Å². The normalized spacial score (nSPS) is 20.7. The van der Waals surface area contributed by atoms with E-state index in [-0.39, 0.29) is 18.3 Å². The molecular formula is C23H26FN5O5. The van der Waals surface area contributed by atoms with Crippen LogP contribution in [0.25, 0.3) is 0 Å². The fraction of sp³-hybridized carbons (Fsp3) is 0.435. The van der Waals surface area contributed by atoms with Crippen LogP contribution in [0.3, 0.4) is 0 Å². The molecule has 3 N–H and O–H groups in total. The van der Waals surface area contributed by atoms with Gasteiger partial charge in [-0.15, -0.1) is 0 Å². The lowest BCUT2D eigenvalue weighted by Gasteiger charge is -2.46. The van der Waals surface area contributed by atoms with Crippen LogP contribution >= 0.6 is 0 Å². The molecule has 3 amide bonds. The van der Waals surface area contributed by atoms with E-state index >= 15 is 0 Å². The standard InChI is InChI=1S/C23H26FN5O5/c1-28(2)21(34)19(32)27-23-9-3-4-14(10-23)12-29-20(33)17(30)16(26-22(23)29)18(31)25-11-13-5-7-15(24)8-6-13/h5-8,14,30H,3-4,9-12H2,1-2H3,(H,25,31)(H,27,32). The van der Waals surface area contributed by atoms with Gasteiger partial charge in [0.25, 0.3) is 11.5 Å². The number of carbonyl (C=O) groups is 3. The zero-order chi connectivity index (χ0) is 24.6. The molecule has 34 heavy (non-hydrogen) atoms. The van der Waals surface area contributed by atoms with Gasteiger partial charge in [-0.2, -0.15) is 0 Å². The average molecular weight is 471 g/mol. The molecule has 2 unspecified atom stereocenters. The number of carbonyl (C=O) groups excluding carboxylic acids is 3. The molecule has 2 atom stereocenters. The van der Waals surface area contributed by atoms with E-state index < -0.39 is 46.1 Å². The molecule has 10 nitrogen and oxygen atoms in total. The Labute approximate surface area is 194 Å². The van der Waals surface area contributed by atoms with Crippen molar-refractivity contribution < 1.29 is 23.9 Å². The van der Waals surface area contributed by atoms with Crippen LogP contribution < -0.4 is 16.2 Å². The second-order valence-electron chi connectivity index (χ2n) is 9.06. The third-order valence-electron chi connectivity index (χ3n) is 6.40. The first-order chi connectivity index (χ1) is 16.1. The minimum Gasteiger partial charge on any atom is -0.501 e. The summed E-state index contributed by atoms with van der Waals surface area (Å²) in [6.07, 6.45) is 2.47. The van der Waals surface area contributed by atoms with Gasteiger partial charge < -0.3 is 20.6 Å². The minimum absolute atomic E-state index is 0.0277. The third-order valence-corrected chi connectivity index (χ3v) is 6.40. The fourth-order valence-electron chi connectivity index (χ4n) is 4.76. The second kappa shape index (κ2) is 8.88. The van der Waals surface area contributed by atoms with Gasteiger partial charge in [-0.25, -0.2) is 9.37 Å². The number of fused-ring (bicyclic) bond motifs is 4. The molecule has 2 bridgehead atoms. The highest BCUT2D eigenvalue weighted by molar-refractivity contribution is 6.35. The highest BCUT2D eigenvalue weighted by Gasteiger charge is 2.48. The Morgan fingerprint density at radius 2 is 1.97 bits per heavy atom. The van der Waals surface area contributed by atoms with Crippen molar-refractivity contribution in [1.82, 2.24) is 25.1 Å². The van der Waals surface area contributed by atoms with Gasteiger partial charge >= 0.3 is 11.8 Å². The third kappa shape index (κ3) is 4.25. The summed E-state index contributed by atoms with van der Waals surface area (Å²) in [6, 6.07) is 5.51. The fourth-order valence-corrected chi connectivity index (χ4v) is 4.76. The number of nitrogens with one attached hydrogen (secondary N) is 2. The molecule has 0 radical (unpaired) electrons. The Bertz CT molecular complexity index is 1210. The largest absolute Gasteiger partial charge is 0.501 e. The average Bonchev–Trinajstić information content (AvgIpc) is 2.80. The first kappa shape index (κ1) is 23.4. The molecule has 1 fully saturated rings. The minimum atomic E-state index is -1.11. The summed E-state index contributed by atoms with van der Waals surface area (Å²) in [6.45, 7) is 0.325. The molecule has 2 heterocycles. The number of aromatic nitrogens is 2. The van der Waals surface area contributed by atoms with Gasteiger partial charge in [0.1, 0.15) is 11.6 Å². The van der Waals surface area contributed by atoms with E-state index in [0.717, 1.165) is 17.7 Å². The van der Waals surface area contributed by atoms with Crippen molar-refractivity contribution in [2.75, 3.05) is 14.1 Å². The van der Waals surface area contributed by atoms with Crippen LogP contribution in [0.4, 0.5) is 4.39 Å². The molecule has 1 aromatic heterocycles. The van der Waals surface area contributed by atoms with E-state index in [1.54, 1.807) is 0 Å². The topological polar surface area (TPSA) is 134 Å². The molecule has 4 rings (SSSR count). The Kier molecular flexibility index (Phi) is 6.11. The highest BCUT2D eigenvalue weighted by atomic mass is 19.1. The Balaban J connectivity index is 1.69. The van der Waals surface area contributed by atoms with Crippen molar-refractivity contribution in [2.45, 2.75) is 44.3 Å². The van der Waals surface area contributed by atoms with E-state index in [1.165, 1.54) is 42.9 Å². The van der Waals surface area contributed by atoms with Gasteiger partial charge in [0.15, 0.2) is 5.69 Å². The summed E-state index contributed by atoms with van der Waals surface area (Å²) >= 11 is 0.